The molecule has 0 bridgehead atoms. The van der Waals surface area contributed by atoms with Crippen molar-refractivity contribution in [1.29, 1.82) is 0 Å². The number of carbonyl (C=O) groups is 2. The van der Waals surface area contributed by atoms with Crippen LogP contribution in [0.5, 0.6) is 0 Å². The van der Waals surface area contributed by atoms with E-state index in [1.165, 1.54) is 11.3 Å². The van der Waals surface area contributed by atoms with Crippen molar-refractivity contribution in [2.75, 3.05) is 11.9 Å². The van der Waals surface area contributed by atoms with E-state index in [1.54, 1.807) is 23.7 Å². The van der Waals surface area contributed by atoms with Crippen LogP contribution in [0.15, 0.2) is 41.9 Å². The van der Waals surface area contributed by atoms with Crippen LogP contribution in [0.2, 0.25) is 0 Å². The summed E-state index contributed by atoms with van der Waals surface area (Å²) < 4.78 is 6.04. The van der Waals surface area contributed by atoms with Gasteiger partial charge < -0.3 is 10.1 Å². The van der Waals surface area contributed by atoms with Crippen LogP contribution in [-0.2, 0) is 16.0 Å². The molecule has 0 aliphatic rings. The highest BCUT2D eigenvalue weighted by Gasteiger charge is 2.13. The average molecular weight is 354 g/mol. The summed E-state index contributed by atoms with van der Waals surface area (Å²) in [6.45, 7) is 3.64. The summed E-state index contributed by atoms with van der Waals surface area (Å²) in [6, 6.07) is 11.0. The zero-order valence-electron chi connectivity index (χ0n) is 14.0. The van der Waals surface area contributed by atoms with Gasteiger partial charge in [0.1, 0.15) is 0 Å². The molecule has 0 aliphatic heterocycles. The van der Waals surface area contributed by atoms with Crippen LogP contribution in [0.25, 0.3) is 10.2 Å². The van der Waals surface area contributed by atoms with Crippen LogP contribution in [0.3, 0.4) is 0 Å². The predicted molar refractivity (Wildman–Crippen MR) is 99.1 cm³/mol. The first-order chi connectivity index (χ1) is 12.1. The van der Waals surface area contributed by atoms with E-state index >= 15 is 0 Å². The molecule has 0 saturated heterocycles. The van der Waals surface area contributed by atoms with Crippen molar-refractivity contribution in [3.63, 3.8) is 0 Å². The number of nitrogens with zero attached hydrogens (tertiary/aromatic N) is 1. The van der Waals surface area contributed by atoms with E-state index in [0.29, 0.717) is 5.56 Å². The van der Waals surface area contributed by atoms with Gasteiger partial charge in [-0.15, -0.1) is 11.3 Å². The zero-order valence-corrected chi connectivity index (χ0v) is 14.9. The summed E-state index contributed by atoms with van der Waals surface area (Å²) >= 11 is 1.45. The van der Waals surface area contributed by atoms with Crippen molar-refractivity contribution >= 4 is 39.1 Å². The van der Waals surface area contributed by atoms with Crippen LogP contribution < -0.4 is 5.32 Å². The molecule has 2 aromatic carbocycles. The van der Waals surface area contributed by atoms with Crippen LogP contribution >= 0.6 is 11.3 Å². The molecule has 1 aromatic heterocycles. The van der Waals surface area contributed by atoms with Crippen LogP contribution in [0.4, 0.5) is 5.69 Å². The SMILES string of the molecule is CCc1cccc(C)c1NC(=O)COC(=O)c1ccc2ncsc2c1. The van der Waals surface area contributed by atoms with Gasteiger partial charge in [0.25, 0.3) is 5.91 Å². The van der Waals surface area contributed by atoms with Gasteiger partial charge in [-0.05, 0) is 42.7 Å². The van der Waals surface area contributed by atoms with E-state index in [0.717, 1.165) is 33.5 Å². The number of para-hydroxylation sites is 1. The van der Waals surface area contributed by atoms with E-state index in [-0.39, 0.29) is 12.5 Å². The summed E-state index contributed by atoms with van der Waals surface area (Å²) in [4.78, 5) is 28.4. The molecule has 6 heteroatoms. The number of hydrogen-bond acceptors (Lipinski definition) is 5. The van der Waals surface area contributed by atoms with E-state index in [2.05, 4.69) is 10.3 Å². The third kappa shape index (κ3) is 3.85. The third-order valence-electron chi connectivity index (χ3n) is 3.91. The summed E-state index contributed by atoms with van der Waals surface area (Å²) in [5.74, 6) is -0.873. The fourth-order valence-corrected chi connectivity index (χ4v) is 3.29. The van der Waals surface area contributed by atoms with Gasteiger partial charge >= 0.3 is 5.97 Å². The minimum atomic E-state index is -0.522. The highest BCUT2D eigenvalue weighted by Crippen LogP contribution is 2.21. The number of amides is 1. The molecule has 5 nitrogen and oxygen atoms in total. The average Bonchev–Trinajstić information content (AvgIpc) is 3.09. The largest absolute Gasteiger partial charge is 0.452 e. The number of aromatic nitrogens is 1. The monoisotopic (exact) mass is 354 g/mol. The Morgan fingerprint density at radius 2 is 2.08 bits per heavy atom. The lowest BCUT2D eigenvalue weighted by Crippen LogP contribution is -2.22. The quantitative estimate of drug-likeness (QED) is 0.704. The third-order valence-corrected chi connectivity index (χ3v) is 4.70. The van der Waals surface area contributed by atoms with Gasteiger partial charge in [-0.3, -0.25) is 4.79 Å². The second-order valence-electron chi connectivity index (χ2n) is 5.62. The number of thiazole rings is 1. The number of ether oxygens (including phenoxy) is 1. The van der Waals surface area contributed by atoms with Crippen molar-refractivity contribution < 1.29 is 14.3 Å². The maximum absolute atomic E-state index is 12.1. The maximum Gasteiger partial charge on any atom is 0.338 e. The number of fused-ring (bicyclic) bond motifs is 1. The lowest BCUT2D eigenvalue weighted by Gasteiger charge is -2.13. The molecule has 0 aliphatic carbocycles. The van der Waals surface area contributed by atoms with Crippen molar-refractivity contribution in [3.8, 4) is 0 Å². The Morgan fingerprint density at radius 1 is 1.24 bits per heavy atom. The molecule has 0 atom stereocenters. The predicted octanol–water partition coefficient (Wildman–Crippen LogP) is 3.96. The van der Waals surface area contributed by atoms with Gasteiger partial charge in [0.15, 0.2) is 6.61 Å². The highest BCUT2D eigenvalue weighted by atomic mass is 32.1. The Kier molecular flexibility index (Phi) is 5.09. The molecule has 128 valence electrons. The number of esters is 1. The number of rotatable bonds is 5. The first-order valence-corrected chi connectivity index (χ1v) is 8.85. The number of hydrogen-bond donors (Lipinski definition) is 1. The molecule has 1 N–H and O–H groups in total. The van der Waals surface area contributed by atoms with Gasteiger partial charge in [0, 0.05) is 5.69 Å². The molecule has 3 rings (SSSR count). The van der Waals surface area contributed by atoms with Gasteiger partial charge in [0.2, 0.25) is 0 Å². The number of benzene rings is 2. The summed E-state index contributed by atoms with van der Waals surface area (Å²) in [5.41, 5.74) is 5.79. The minimum Gasteiger partial charge on any atom is -0.452 e. The highest BCUT2D eigenvalue weighted by molar-refractivity contribution is 7.16. The van der Waals surface area contributed by atoms with Gasteiger partial charge in [-0.25, -0.2) is 9.78 Å². The number of aryl methyl sites for hydroxylation is 2. The van der Waals surface area contributed by atoms with Gasteiger partial charge in [-0.2, -0.15) is 0 Å². The Balaban J connectivity index is 1.63. The smallest absolute Gasteiger partial charge is 0.338 e. The van der Waals surface area contributed by atoms with Crippen LogP contribution in [0.1, 0.15) is 28.4 Å². The molecular formula is C19H18N2O3S. The fraction of sp³-hybridized carbons (Fsp3) is 0.211. The van der Waals surface area contributed by atoms with Crippen molar-refractivity contribution in [2.45, 2.75) is 20.3 Å². The molecule has 0 spiro atoms. The molecule has 0 radical (unpaired) electrons. The van der Waals surface area contributed by atoms with Crippen LogP contribution in [0, 0.1) is 6.92 Å². The minimum absolute atomic E-state index is 0.322. The van der Waals surface area contributed by atoms with Crippen molar-refractivity contribution in [2.24, 2.45) is 0 Å². The summed E-state index contributed by atoms with van der Waals surface area (Å²) in [7, 11) is 0. The number of nitrogens with one attached hydrogen (secondary N) is 1. The van der Waals surface area contributed by atoms with E-state index in [9.17, 15) is 9.59 Å². The van der Waals surface area contributed by atoms with E-state index in [4.69, 9.17) is 4.74 Å². The molecule has 0 unspecified atom stereocenters. The second-order valence-corrected chi connectivity index (χ2v) is 6.51. The van der Waals surface area contributed by atoms with Gasteiger partial charge in [0.05, 0.1) is 21.3 Å². The zero-order chi connectivity index (χ0) is 17.8. The number of carbonyl (C=O) groups excluding carboxylic acids is 2. The first kappa shape index (κ1) is 17.1. The molecule has 3 aromatic rings. The Bertz CT molecular complexity index is 933. The second kappa shape index (κ2) is 7.44. The Morgan fingerprint density at radius 3 is 2.88 bits per heavy atom. The lowest BCUT2D eigenvalue weighted by atomic mass is 10.1. The Labute approximate surface area is 149 Å². The van der Waals surface area contributed by atoms with E-state index in [1.807, 2.05) is 32.0 Å². The molecule has 25 heavy (non-hydrogen) atoms. The molecule has 1 heterocycles. The van der Waals surface area contributed by atoms with Gasteiger partial charge in [-0.1, -0.05) is 25.1 Å². The molecular weight excluding hydrogens is 336 g/mol. The summed E-state index contributed by atoms with van der Waals surface area (Å²) in [6.07, 6.45) is 0.811. The number of anilines is 1. The molecule has 0 fully saturated rings. The van der Waals surface area contributed by atoms with E-state index < -0.39 is 5.97 Å². The molecule has 0 saturated carbocycles. The first-order valence-electron chi connectivity index (χ1n) is 7.97. The normalized spacial score (nSPS) is 10.6. The van der Waals surface area contributed by atoms with Crippen LogP contribution in [-0.4, -0.2) is 23.5 Å². The standard InChI is InChI=1S/C19H18N2O3S/c1-3-13-6-4-5-12(2)18(13)21-17(22)10-24-19(23)14-7-8-15-16(9-14)25-11-20-15/h4-9,11H,3,10H2,1-2H3,(H,21,22). The fourth-order valence-electron chi connectivity index (χ4n) is 2.57. The topological polar surface area (TPSA) is 68.3 Å². The Hall–Kier alpha value is -2.73. The lowest BCUT2D eigenvalue weighted by molar-refractivity contribution is -0.119. The van der Waals surface area contributed by atoms with Crippen molar-refractivity contribution in [3.05, 3.63) is 58.6 Å². The maximum atomic E-state index is 12.1. The molecule has 1 amide bonds. The summed E-state index contributed by atoms with van der Waals surface area (Å²) in [5, 5.41) is 2.84. The van der Waals surface area contributed by atoms with Crippen molar-refractivity contribution in [1.82, 2.24) is 4.98 Å².